The Hall–Kier alpha value is -3.72. The summed E-state index contributed by atoms with van der Waals surface area (Å²) in [5.74, 6) is -1.91. The number of ether oxygens (including phenoxy) is 3. The van der Waals surface area contributed by atoms with Crippen LogP contribution in [0.15, 0.2) is 18.2 Å². The summed E-state index contributed by atoms with van der Waals surface area (Å²) in [6.07, 6.45) is 3.00. The predicted octanol–water partition coefficient (Wildman–Crippen LogP) is 5.84. The topological polar surface area (TPSA) is 99.9 Å². The summed E-state index contributed by atoms with van der Waals surface area (Å²) < 4.78 is 34.0. The molecule has 0 saturated carbocycles. The van der Waals surface area contributed by atoms with E-state index in [4.69, 9.17) is 19.2 Å². The number of nitrogens with zero attached hydrogens (tertiary/aromatic N) is 2. The van der Waals surface area contributed by atoms with Crippen LogP contribution in [0.3, 0.4) is 0 Å². The maximum Gasteiger partial charge on any atom is 0.337 e. The van der Waals surface area contributed by atoms with E-state index in [1.165, 1.54) is 12.1 Å². The molecule has 1 unspecified atom stereocenters. The summed E-state index contributed by atoms with van der Waals surface area (Å²) in [7, 11) is 1.80. The Kier molecular flexibility index (Phi) is 7.84. The van der Waals surface area contributed by atoms with E-state index >= 15 is 4.39 Å². The molecule has 2 aromatic heterocycles. The number of esters is 1. The van der Waals surface area contributed by atoms with E-state index in [0.29, 0.717) is 52.1 Å². The van der Waals surface area contributed by atoms with Crippen LogP contribution in [-0.4, -0.2) is 45.4 Å². The van der Waals surface area contributed by atoms with E-state index in [1.807, 2.05) is 13.0 Å². The molecule has 9 heteroatoms. The van der Waals surface area contributed by atoms with Gasteiger partial charge in [0.05, 0.1) is 18.8 Å². The van der Waals surface area contributed by atoms with Crippen molar-refractivity contribution in [1.82, 2.24) is 9.55 Å². The Morgan fingerprint density at radius 2 is 2.00 bits per heavy atom. The highest BCUT2D eigenvalue weighted by atomic mass is 19.1. The van der Waals surface area contributed by atoms with Crippen molar-refractivity contribution in [3.8, 4) is 16.9 Å². The van der Waals surface area contributed by atoms with Crippen molar-refractivity contribution >= 4 is 29.0 Å². The lowest BCUT2D eigenvalue weighted by Crippen LogP contribution is -2.28. The first kappa shape index (κ1) is 28.3. The molecule has 0 aliphatic carbocycles. The molecule has 0 spiro atoms. The van der Waals surface area contributed by atoms with Crippen LogP contribution in [0.2, 0.25) is 0 Å². The zero-order chi connectivity index (χ0) is 28.6. The average molecular weight is 539 g/mol. The summed E-state index contributed by atoms with van der Waals surface area (Å²) in [5, 5.41) is 10.9. The number of halogens is 1. The molecule has 1 atom stereocenters. The van der Waals surface area contributed by atoms with Crippen LogP contribution in [0.5, 0.6) is 5.75 Å². The molecule has 1 aliphatic rings. The fourth-order valence-corrected chi connectivity index (χ4v) is 5.10. The SMILES string of the molecule is CCOC(=O)C=Cc1cc2c(-c3cc(F)c4c(c3C)CCCO4)c(C(OC(C)(C)C)C(=O)O)c(C)nc2n1C. The summed E-state index contributed by atoms with van der Waals surface area (Å²) in [4.78, 5) is 29.4. The molecule has 3 aromatic rings. The molecule has 8 nitrogen and oxygen atoms in total. The highest BCUT2D eigenvalue weighted by Crippen LogP contribution is 2.44. The number of carbonyl (C=O) groups is 2. The normalized spacial score (nSPS) is 14.4. The van der Waals surface area contributed by atoms with Gasteiger partial charge in [-0.2, -0.15) is 0 Å². The number of fused-ring (bicyclic) bond motifs is 2. The quantitative estimate of drug-likeness (QED) is 0.298. The lowest BCUT2D eigenvalue weighted by Gasteiger charge is -2.29. The van der Waals surface area contributed by atoms with E-state index in [0.717, 1.165) is 17.5 Å². The molecule has 0 fully saturated rings. The molecule has 1 aliphatic heterocycles. The minimum absolute atomic E-state index is 0.248. The van der Waals surface area contributed by atoms with Crippen molar-refractivity contribution in [3.05, 3.63) is 52.1 Å². The van der Waals surface area contributed by atoms with Gasteiger partial charge in [0.2, 0.25) is 0 Å². The third-order valence-electron chi connectivity index (χ3n) is 6.78. The molecule has 0 bridgehead atoms. The monoisotopic (exact) mass is 538 g/mol. The molecule has 0 radical (unpaired) electrons. The number of carboxylic acids is 1. The Labute approximate surface area is 227 Å². The molecular weight excluding hydrogens is 503 g/mol. The first-order chi connectivity index (χ1) is 18.3. The van der Waals surface area contributed by atoms with Crippen molar-refractivity contribution in [2.24, 2.45) is 7.05 Å². The van der Waals surface area contributed by atoms with Crippen molar-refractivity contribution in [1.29, 1.82) is 0 Å². The van der Waals surface area contributed by atoms with E-state index in [2.05, 4.69) is 0 Å². The number of aryl methyl sites for hydroxylation is 2. The maximum absolute atomic E-state index is 15.5. The van der Waals surface area contributed by atoms with Crippen LogP contribution in [0.1, 0.15) is 68.3 Å². The summed E-state index contributed by atoms with van der Waals surface area (Å²) in [6, 6.07) is 3.23. The Morgan fingerprint density at radius 1 is 1.28 bits per heavy atom. The molecule has 208 valence electrons. The molecule has 1 N–H and O–H groups in total. The first-order valence-electron chi connectivity index (χ1n) is 13.0. The number of rotatable bonds is 7. The van der Waals surface area contributed by atoms with Gasteiger partial charge in [0, 0.05) is 46.6 Å². The Bertz CT molecular complexity index is 1480. The van der Waals surface area contributed by atoms with Gasteiger partial charge in [-0.15, -0.1) is 0 Å². The fraction of sp³-hybridized carbons (Fsp3) is 0.433. The zero-order valence-corrected chi connectivity index (χ0v) is 23.5. The molecule has 0 amide bonds. The predicted molar refractivity (Wildman–Crippen MR) is 146 cm³/mol. The van der Waals surface area contributed by atoms with Crippen LogP contribution in [0, 0.1) is 19.7 Å². The van der Waals surface area contributed by atoms with E-state index in [-0.39, 0.29) is 12.4 Å². The van der Waals surface area contributed by atoms with Crippen molar-refractivity contribution in [3.63, 3.8) is 0 Å². The molecular formula is C30H35FN2O6. The number of aromatic nitrogens is 2. The highest BCUT2D eigenvalue weighted by Gasteiger charge is 2.34. The molecule has 3 heterocycles. The second kappa shape index (κ2) is 10.8. The Balaban J connectivity index is 2.09. The fourth-order valence-electron chi connectivity index (χ4n) is 5.10. The largest absolute Gasteiger partial charge is 0.490 e. The second-order valence-electron chi connectivity index (χ2n) is 10.7. The minimum atomic E-state index is -1.36. The molecule has 0 saturated heterocycles. The van der Waals surface area contributed by atoms with Crippen molar-refractivity contribution in [2.75, 3.05) is 13.2 Å². The molecule has 39 heavy (non-hydrogen) atoms. The minimum Gasteiger partial charge on any atom is -0.490 e. The third kappa shape index (κ3) is 5.54. The number of pyridine rings is 1. The van der Waals surface area contributed by atoms with Crippen LogP contribution < -0.4 is 4.74 Å². The van der Waals surface area contributed by atoms with Crippen molar-refractivity contribution in [2.45, 2.75) is 66.1 Å². The lowest BCUT2D eigenvalue weighted by atomic mass is 9.86. The van der Waals surface area contributed by atoms with Gasteiger partial charge >= 0.3 is 11.9 Å². The van der Waals surface area contributed by atoms with Crippen molar-refractivity contribution < 1.29 is 33.3 Å². The summed E-state index contributed by atoms with van der Waals surface area (Å²) >= 11 is 0. The van der Waals surface area contributed by atoms with E-state index in [9.17, 15) is 14.7 Å². The van der Waals surface area contributed by atoms with Gasteiger partial charge in [-0.25, -0.2) is 19.0 Å². The second-order valence-corrected chi connectivity index (χ2v) is 10.7. The lowest BCUT2D eigenvalue weighted by molar-refractivity contribution is -0.160. The van der Waals surface area contributed by atoms with Crippen LogP contribution in [0.25, 0.3) is 28.2 Å². The van der Waals surface area contributed by atoms with Gasteiger partial charge in [-0.05, 0) is 83.7 Å². The summed E-state index contributed by atoms with van der Waals surface area (Å²) in [6.45, 7) is 11.4. The van der Waals surface area contributed by atoms with Gasteiger partial charge in [-0.1, -0.05) is 0 Å². The number of hydrogen-bond acceptors (Lipinski definition) is 6. The number of benzene rings is 1. The summed E-state index contributed by atoms with van der Waals surface area (Å²) in [5.41, 5.74) is 3.90. The smallest absolute Gasteiger partial charge is 0.337 e. The van der Waals surface area contributed by atoms with E-state index in [1.54, 1.807) is 52.3 Å². The Morgan fingerprint density at radius 3 is 2.64 bits per heavy atom. The van der Waals surface area contributed by atoms with Gasteiger partial charge in [-0.3, -0.25) is 0 Å². The average Bonchev–Trinajstić information content (AvgIpc) is 3.17. The standard InChI is InChI=1S/C30H35FN2O6/c1-8-37-23(34)12-11-18-14-21-25(20-15-22(31)26-19(16(20)2)10-9-13-38-26)24(17(3)32-28(21)33(18)7)27(29(35)36)39-30(4,5)6/h11-12,14-15,27H,8-10,13H2,1-7H3,(H,35,36). The molecule has 1 aromatic carbocycles. The number of carbonyl (C=O) groups excluding carboxylic acids is 1. The molecule has 4 rings (SSSR count). The van der Waals surface area contributed by atoms with Gasteiger partial charge < -0.3 is 23.9 Å². The maximum atomic E-state index is 15.5. The highest BCUT2D eigenvalue weighted by molar-refractivity contribution is 6.00. The first-order valence-corrected chi connectivity index (χ1v) is 13.0. The van der Waals surface area contributed by atoms with Gasteiger partial charge in [0.1, 0.15) is 5.65 Å². The zero-order valence-electron chi connectivity index (χ0n) is 23.5. The third-order valence-corrected chi connectivity index (χ3v) is 6.78. The number of aliphatic carboxylic acids is 1. The van der Waals surface area contributed by atoms with Gasteiger partial charge in [0.15, 0.2) is 17.7 Å². The number of hydrogen-bond donors (Lipinski definition) is 1. The van der Waals surface area contributed by atoms with Gasteiger partial charge in [0.25, 0.3) is 0 Å². The van der Waals surface area contributed by atoms with Crippen LogP contribution >= 0.6 is 0 Å². The number of carboxylic acid groups (broad SMARTS) is 1. The van der Waals surface area contributed by atoms with Crippen LogP contribution in [-0.2, 0) is 32.5 Å². The van der Waals surface area contributed by atoms with E-state index < -0.39 is 29.5 Å². The van der Waals surface area contributed by atoms with Crippen LogP contribution in [0.4, 0.5) is 4.39 Å².